The van der Waals surface area contributed by atoms with Crippen molar-refractivity contribution >= 4 is 5.97 Å². The monoisotopic (exact) mass is 401 g/mol. The van der Waals surface area contributed by atoms with Gasteiger partial charge in [0.15, 0.2) is 17.3 Å². The van der Waals surface area contributed by atoms with Gasteiger partial charge in [-0.15, -0.1) is 0 Å². The van der Waals surface area contributed by atoms with Crippen LogP contribution in [0.2, 0.25) is 0 Å². The second kappa shape index (κ2) is 8.64. The quantitative estimate of drug-likeness (QED) is 0.550. The van der Waals surface area contributed by atoms with Crippen LogP contribution in [0.4, 0.5) is 4.39 Å². The zero-order valence-electron chi connectivity index (χ0n) is 16.4. The molecule has 0 aliphatic carbocycles. The number of methoxy groups -OCH3 is 3. The first-order valence-electron chi connectivity index (χ1n) is 8.67. The molecule has 0 atom stereocenters. The summed E-state index contributed by atoms with van der Waals surface area (Å²) in [7, 11) is 4.36. The fourth-order valence-corrected chi connectivity index (χ4v) is 2.85. The molecular formula is C21H20FNO6. The Hall–Kier alpha value is -3.55. The van der Waals surface area contributed by atoms with Gasteiger partial charge in [-0.1, -0.05) is 5.16 Å². The van der Waals surface area contributed by atoms with Crippen molar-refractivity contribution in [2.75, 3.05) is 21.3 Å². The first-order chi connectivity index (χ1) is 14.0. The number of hydrogen-bond acceptors (Lipinski definition) is 7. The zero-order valence-corrected chi connectivity index (χ0v) is 16.4. The number of rotatable bonds is 7. The Morgan fingerprint density at radius 3 is 2.31 bits per heavy atom. The minimum Gasteiger partial charge on any atom is -0.493 e. The molecule has 0 spiro atoms. The molecule has 1 aromatic heterocycles. The summed E-state index contributed by atoms with van der Waals surface area (Å²) in [5.41, 5.74) is 2.02. The van der Waals surface area contributed by atoms with E-state index < -0.39 is 5.97 Å². The minimum absolute atomic E-state index is 0.104. The van der Waals surface area contributed by atoms with Gasteiger partial charge in [-0.2, -0.15) is 0 Å². The van der Waals surface area contributed by atoms with Crippen LogP contribution in [0.5, 0.6) is 17.2 Å². The highest BCUT2D eigenvalue weighted by Crippen LogP contribution is 2.40. The van der Waals surface area contributed by atoms with E-state index in [9.17, 15) is 9.18 Å². The maximum absolute atomic E-state index is 13.1. The van der Waals surface area contributed by atoms with Crippen LogP contribution < -0.4 is 14.2 Å². The fraction of sp³-hybridized carbons (Fsp3) is 0.238. The summed E-state index contributed by atoms with van der Waals surface area (Å²) in [6.07, 6.45) is 0. The molecule has 7 nitrogen and oxygen atoms in total. The van der Waals surface area contributed by atoms with E-state index in [0.717, 1.165) is 0 Å². The molecule has 0 radical (unpaired) electrons. The number of ether oxygens (including phenoxy) is 4. The van der Waals surface area contributed by atoms with Crippen molar-refractivity contribution in [3.05, 3.63) is 59.0 Å². The number of aromatic nitrogens is 1. The van der Waals surface area contributed by atoms with E-state index in [0.29, 0.717) is 34.1 Å². The van der Waals surface area contributed by atoms with Gasteiger partial charge in [0.2, 0.25) is 5.75 Å². The first-order valence-corrected chi connectivity index (χ1v) is 8.67. The molecule has 152 valence electrons. The summed E-state index contributed by atoms with van der Waals surface area (Å²) in [5.74, 6) is 0.454. The first kappa shape index (κ1) is 20.2. The van der Waals surface area contributed by atoms with E-state index in [1.165, 1.54) is 39.5 Å². The summed E-state index contributed by atoms with van der Waals surface area (Å²) >= 11 is 0. The summed E-state index contributed by atoms with van der Waals surface area (Å²) in [6.45, 7) is 1.68. The lowest BCUT2D eigenvalue weighted by molar-refractivity contribution is 0.0459. The van der Waals surface area contributed by atoms with E-state index in [1.807, 2.05) is 0 Å². The van der Waals surface area contributed by atoms with Gasteiger partial charge in [0.25, 0.3) is 0 Å². The summed E-state index contributed by atoms with van der Waals surface area (Å²) in [4.78, 5) is 12.6. The van der Waals surface area contributed by atoms with E-state index in [2.05, 4.69) is 5.16 Å². The Balaban J connectivity index is 1.79. The Labute approximate surface area is 166 Å². The van der Waals surface area contributed by atoms with E-state index in [4.69, 9.17) is 23.5 Å². The lowest BCUT2D eigenvalue weighted by Gasteiger charge is -2.15. The lowest BCUT2D eigenvalue weighted by Crippen LogP contribution is -2.09. The molecule has 29 heavy (non-hydrogen) atoms. The molecule has 0 aliphatic rings. The Morgan fingerprint density at radius 1 is 1.00 bits per heavy atom. The molecule has 0 bridgehead atoms. The van der Waals surface area contributed by atoms with Gasteiger partial charge >= 0.3 is 5.97 Å². The van der Waals surface area contributed by atoms with Crippen LogP contribution in [-0.4, -0.2) is 32.5 Å². The molecule has 3 rings (SSSR count). The molecule has 8 heteroatoms. The third kappa shape index (κ3) is 4.01. The fourth-order valence-electron chi connectivity index (χ4n) is 2.85. The van der Waals surface area contributed by atoms with Crippen molar-refractivity contribution in [3.63, 3.8) is 0 Å². The number of benzene rings is 2. The number of halogens is 1. The molecule has 0 unspecified atom stereocenters. The van der Waals surface area contributed by atoms with Crippen LogP contribution in [0.1, 0.15) is 21.6 Å². The minimum atomic E-state index is -0.617. The molecule has 0 saturated carbocycles. The van der Waals surface area contributed by atoms with Crippen LogP contribution in [0.15, 0.2) is 40.9 Å². The lowest BCUT2D eigenvalue weighted by atomic mass is 10.1. The Bertz CT molecular complexity index is 1010. The van der Waals surface area contributed by atoms with Crippen LogP contribution >= 0.6 is 0 Å². The van der Waals surface area contributed by atoms with Gasteiger partial charge in [0.1, 0.15) is 23.7 Å². The third-order valence-electron chi connectivity index (χ3n) is 4.39. The molecule has 0 N–H and O–H groups in total. The van der Waals surface area contributed by atoms with Gasteiger partial charge in [-0.3, -0.25) is 0 Å². The Kier molecular flexibility index (Phi) is 6.01. The second-order valence-electron chi connectivity index (χ2n) is 6.05. The van der Waals surface area contributed by atoms with Crippen molar-refractivity contribution in [3.8, 4) is 28.6 Å². The Morgan fingerprint density at radius 2 is 1.69 bits per heavy atom. The average molecular weight is 401 g/mol. The molecular weight excluding hydrogens is 381 g/mol. The maximum atomic E-state index is 13.1. The number of carbonyl (C=O) groups is 1. The average Bonchev–Trinajstić information content (AvgIpc) is 3.11. The van der Waals surface area contributed by atoms with Crippen molar-refractivity contribution in [1.82, 2.24) is 5.16 Å². The predicted molar refractivity (Wildman–Crippen MR) is 102 cm³/mol. The van der Waals surface area contributed by atoms with Crippen LogP contribution in [0.25, 0.3) is 11.3 Å². The van der Waals surface area contributed by atoms with Gasteiger partial charge in [0, 0.05) is 11.1 Å². The molecule has 0 aliphatic heterocycles. The number of hydrogen-bond donors (Lipinski definition) is 0. The van der Waals surface area contributed by atoms with Crippen LogP contribution in [0.3, 0.4) is 0 Å². The molecule has 0 saturated heterocycles. The second-order valence-corrected chi connectivity index (χ2v) is 6.05. The molecule has 2 aromatic carbocycles. The van der Waals surface area contributed by atoms with Gasteiger partial charge in [-0.25, -0.2) is 9.18 Å². The van der Waals surface area contributed by atoms with Crippen LogP contribution in [-0.2, 0) is 11.3 Å². The summed E-state index contributed by atoms with van der Waals surface area (Å²) in [5, 5.41) is 3.96. The van der Waals surface area contributed by atoms with Crippen LogP contribution in [0, 0.1) is 12.7 Å². The van der Waals surface area contributed by atoms with E-state index >= 15 is 0 Å². The van der Waals surface area contributed by atoms with Crippen molar-refractivity contribution in [2.45, 2.75) is 13.5 Å². The van der Waals surface area contributed by atoms with Gasteiger partial charge < -0.3 is 23.5 Å². The molecule has 1 heterocycles. The smallest absolute Gasteiger partial charge is 0.342 e. The number of nitrogens with zero attached hydrogens (tertiary/aromatic N) is 1. The standard InChI is InChI=1S/C21H20FNO6/c1-12-16(23-29-18(12)13-5-7-14(22)8-6-13)11-28-21(24)15-9-10-17(25-2)20(27-4)19(15)26-3/h5-10H,11H2,1-4H3. The molecule has 0 fully saturated rings. The summed E-state index contributed by atoms with van der Waals surface area (Å²) in [6, 6.07) is 8.97. The van der Waals surface area contributed by atoms with Gasteiger partial charge in [0.05, 0.1) is 21.3 Å². The van der Waals surface area contributed by atoms with Gasteiger partial charge in [-0.05, 0) is 43.3 Å². The summed E-state index contributed by atoms with van der Waals surface area (Å²) < 4.78 is 39.6. The SMILES string of the molecule is COc1ccc(C(=O)OCc2noc(-c3ccc(F)cc3)c2C)c(OC)c1OC. The van der Waals surface area contributed by atoms with Crippen molar-refractivity contribution in [2.24, 2.45) is 0 Å². The molecule has 3 aromatic rings. The predicted octanol–water partition coefficient (Wildman–Crippen LogP) is 4.17. The van der Waals surface area contributed by atoms with E-state index in [1.54, 1.807) is 25.1 Å². The highest BCUT2D eigenvalue weighted by Gasteiger charge is 2.23. The largest absolute Gasteiger partial charge is 0.493 e. The molecule has 0 amide bonds. The van der Waals surface area contributed by atoms with Crippen molar-refractivity contribution in [1.29, 1.82) is 0 Å². The third-order valence-corrected chi connectivity index (χ3v) is 4.39. The highest BCUT2D eigenvalue weighted by atomic mass is 19.1. The number of carbonyl (C=O) groups excluding carboxylic acids is 1. The zero-order chi connectivity index (χ0) is 21.0. The topological polar surface area (TPSA) is 80.0 Å². The van der Waals surface area contributed by atoms with E-state index in [-0.39, 0.29) is 23.7 Å². The highest BCUT2D eigenvalue weighted by molar-refractivity contribution is 5.94. The maximum Gasteiger partial charge on any atom is 0.342 e. The van der Waals surface area contributed by atoms with Crippen molar-refractivity contribution < 1.29 is 32.7 Å². The normalized spacial score (nSPS) is 10.5. The number of esters is 1.